The van der Waals surface area contributed by atoms with Gasteiger partial charge in [0.2, 0.25) is 16.0 Å². The van der Waals surface area contributed by atoms with Gasteiger partial charge in [-0.3, -0.25) is 4.72 Å². The average molecular weight is 520 g/mol. The van der Waals surface area contributed by atoms with E-state index in [4.69, 9.17) is 21.7 Å². The van der Waals surface area contributed by atoms with Gasteiger partial charge in [0.05, 0.1) is 34.0 Å². The fraction of sp³-hybridized carbons (Fsp3) is 0.364. The number of halogens is 1. The molecule has 2 heterocycles. The smallest absolute Gasteiger partial charge is 0.404 e. The summed E-state index contributed by atoms with van der Waals surface area (Å²) in [6, 6.07) is 4.90. The molecule has 186 valence electrons. The van der Waals surface area contributed by atoms with Gasteiger partial charge in [0, 0.05) is 30.3 Å². The summed E-state index contributed by atoms with van der Waals surface area (Å²) in [7, 11) is -3.54. The Morgan fingerprint density at radius 2 is 2.06 bits per heavy atom. The standard InChI is InChI=1S/C22H26ClN7O4S/c1-11-8-14(17(23)16(9-11)30-35(3,33)34)18-19(29-20(28-18)13-4-5-13)15-6-7-24-21(27-15)25-10-12(2)26-22(31)32/h6-9,12-13,26,30H,4-5,10H2,1-3H3,(H,28,29)(H,31,32)(H,24,25,27). The van der Waals surface area contributed by atoms with Crippen molar-refractivity contribution in [1.29, 1.82) is 0 Å². The van der Waals surface area contributed by atoms with Crippen molar-refractivity contribution in [2.75, 3.05) is 22.8 Å². The molecule has 1 unspecified atom stereocenters. The fourth-order valence-electron chi connectivity index (χ4n) is 3.63. The first-order chi connectivity index (χ1) is 16.5. The highest BCUT2D eigenvalue weighted by atomic mass is 35.5. The van der Waals surface area contributed by atoms with Crippen LogP contribution in [0.3, 0.4) is 0 Å². The molecule has 0 radical (unpaired) electrons. The highest BCUT2D eigenvalue weighted by Gasteiger charge is 2.30. The van der Waals surface area contributed by atoms with Gasteiger partial charge in [-0.2, -0.15) is 0 Å². The molecule has 11 nitrogen and oxygen atoms in total. The number of aromatic amines is 1. The third-order valence-electron chi connectivity index (χ3n) is 5.30. The average Bonchev–Trinajstić information content (AvgIpc) is 3.52. The molecule has 0 spiro atoms. The Balaban J connectivity index is 1.73. The van der Waals surface area contributed by atoms with Gasteiger partial charge >= 0.3 is 6.09 Å². The Kier molecular flexibility index (Phi) is 6.86. The number of benzene rings is 1. The number of aryl methyl sites for hydroxylation is 1. The van der Waals surface area contributed by atoms with Crippen LogP contribution in [0.25, 0.3) is 22.6 Å². The summed E-state index contributed by atoms with van der Waals surface area (Å²) in [5, 5.41) is 14.5. The van der Waals surface area contributed by atoms with Crippen molar-refractivity contribution in [3.63, 3.8) is 0 Å². The molecule has 1 aromatic carbocycles. The van der Waals surface area contributed by atoms with Gasteiger partial charge in [0.25, 0.3) is 0 Å². The minimum absolute atomic E-state index is 0.233. The molecule has 35 heavy (non-hydrogen) atoms. The molecule has 4 rings (SSSR count). The summed E-state index contributed by atoms with van der Waals surface area (Å²) in [5.41, 5.74) is 3.40. The maximum Gasteiger partial charge on any atom is 0.404 e. The van der Waals surface area contributed by atoms with E-state index in [9.17, 15) is 13.2 Å². The first-order valence-corrected chi connectivity index (χ1v) is 13.2. The number of anilines is 2. The summed E-state index contributed by atoms with van der Waals surface area (Å²) in [6.45, 7) is 3.87. The van der Waals surface area contributed by atoms with Crippen molar-refractivity contribution < 1.29 is 18.3 Å². The molecule has 0 saturated heterocycles. The van der Waals surface area contributed by atoms with Crippen LogP contribution in [-0.2, 0) is 10.0 Å². The van der Waals surface area contributed by atoms with Gasteiger partial charge in [0.15, 0.2) is 0 Å². The minimum atomic E-state index is -3.54. The first-order valence-electron chi connectivity index (χ1n) is 10.9. The van der Waals surface area contributed by atoms with Gasteiger partial charge in [-0.05, 0) is 50.5 Å². The number of imidazole rings is 1. The van der Waals surface area contributed by atoms with Crippen LogP contribution in [0, 0.1) is 6.92 Å². The van der Waals surface area contributed by atoms with Crippen molar-refractivity contribution in [2.24, 2.45) is 0 Å². The molecule has 1 aliphatic rings. The van der Waals surface area contributed by atoms with E-state index in [1.54, 1.807) is 25.3 Å². The molecule has 1 fully saturated rings. The monoisotopic (exact) mass is 519 g/mol. The molecule has 1 atom stereocenters. The van der Waals surface area contributed by atoms with E-state index < -0.39 is 16.1 Å². The lowest BCUT2D eigenvalue weighted by atomic mass is 10.0. The fourth-order valence-corrected chi connectivity index (χ4v) is 4.49. The van der Waals surface area contributed by atoms with Crippen molar-refractivity contribution in [2.45, 2.75) is 38.6 Å². The molecule has 1 saturated carbocycles. The molecule has 13 heteroatoms. The number of carboxylic acid groups (broad SMARTS) is 1. The molecule has 0 aliphatic heterocycles. The van der Waals surface area contributed by atoms with Crippen molar-refractivity contribution >= 4 is 39.4 Å². The largest absolute Gasteiger partial charge is 0.465 e. The lowest BCUT2D eigenvalue weighted by molar-refractivity contribution is 0.191. The van der Waals surface area contributed by atoms with E-state index in [1.807, 2.05) is 13.0 Å². The summed E-state index contributed by atoms with van der Waals surface area (Å²) < 4.78 is 26.2. The van der Waals surface area contributed by atoms with E-state index in [0.717, 1.165) is 30.5 Å². The zero-order chi connectivity index (χ0) is 25.3. The zero-order valence-electron chi connectivity index (χ0n) is 19.4. The second kappa shape index (κ2) is 9.70. The summed E-state index contributed by atoms with van der Waals surface area (Å²) in [6.07, 6.45) is 3.61. The Labute approximate surface area is 207 Å². The molecule has 1 amide bonds. The number of sulfonamides is 1. The number of hydrogen-bond donors (Lipinski definition) is 5. The van der Waals surface area contributed by atoms with Crippen LogP contribution in [0.5, 0.6) is 0 Å². The van der Waals surface area contributed by atoms with Crippen molar-refractivity contribution in [3.8, 4) is 22.6 Å². The Morgan fingerprint density at radius 3 is 2.71 bits per heavy atom. The lowest BCUT2D eigenvalue weighted by Crippen LogP contribution is -2.36. The summed E-state index contributed by atoms with van der Waals surface area (Å²) in [5.74, 6) is 1.46. The molecular formula is C22H26ClN7O4S. The number of amides is 1. The van der Waals surface area contributed by atoms with E-state index in [1.165, 1.54) is 0 Å². The van der Waals surface area contributed by atoms with Crippen LogP contribution < -0.4 is 15.4 Å². The highest BCUT2D eigenvalue weighted by Crippen LogP contribution is 2.44. The van der Waals surface area contributed by atoms with Crippen molar-refractivity contribution in [3.05, 3.63) is 40.8 Å². The Hall–Kier alpha value is -3.38. The molecular weight excluding hydrogens is 494 g/mol. The van der Waals surface area contributed by atoms with Crippen LogP contribution >= 0.6 is 11.6 Å². The highest BCUT2D eigenvalue weighted by molar-refractivity contribution is 7.92. The second-order valence-electron chi connectivity index (χ2n) is 8.67. The third kappa shape index (κ3) is 6.20. The third-order valence-corrected chi connectivity index (χ3v) is 6.30. The van der Waals surface area contributed by atoms with Gasteiger partial charge in [-0.15, -0.1) is 0 Å². The van der Waals surface area contributed by atoms with E-state index >= 15 is 0 Å². The minimum Gasteiger partial charge on any atom is -0.465 e. The van der Waals surface area contributed by atoms with Gasteiger partial charge in [-0.1, -0.05) is 11.6 Å². The summed E-state index contributed by atoms with van der Waals surface area (Å²) >= 11 is 6.66. The Morgan fingerprint density at radius 1 is 1.31 bits per heavy atom. The molecule has 0 bridgehead atoms. The normalized spacial score (nSPS) is 14.4. The predicted octanol–water partition coefficient (Wildman–Crippen LogP) is 3.81. The van der Waals surface area contributed by atoms with Crippen LogP contribution in [-0.4, -0.2) is 58.4 Å². The SMILES string of the molecule is Cc1cc(NS(C)(=O)=O)c(Cl)c(-c2nc(C3CC3)[nH]c2-c2ccnc(NCC(C)NC(=O)O)n2)c1. The van der Waals surface area contributed by atoms with Crippen LogP contribution in [0.4, 0.5) is 16.4 Å². The quantitative estimate of drug-likeness (QED) is 0.285. The number of rotatable bonds is 9. The molecule has 2 aromatic heterocycles. The number of nitrogens with one attached hydrogen (secondary N) is 4. The number of carbonyl (C=O) groups is 1. The van der Waals surface area contributed by atoms with E-state index in [-0.39, 0.29) is 16.8 Å². The predicted molar refractivity (Wildman–Crippen MR) is 134 cm³/mol. The van der Waals surface area contributed by atoms with Gasteiger partial charge in [-0.25, -0.2) is 28.2 Å². The van der Waals surface area contributed by atoms with Crippen molar-refractivity contribution in [1.82, 2.24) is 25.3 Å². The van der Waals surface area contributed by atoms with Crippen LogP contribution in [0.15, 0.2) is 24.4 Å². The van der Waals surface area contributed by atoms with Gasteiger partial charge in [0.1, 0.15) is 5.82 Å². The van der Waals surface area contributed by atoms with E-state index in [2.05, 4.69) is 30.3 Å². The maximum absolute atomic E-state index is 11.9. The molecule has 3 aromatic rings. The second-order valence-corrected chi connectivity index (χ2v) is 10.8. The molecule has 1 aliphatic carbocycles. The molecule has 5 N–H and O–H groups in total. The summed E-state index contributed by atoms with van der Waals surface area (Å²) in [4.78, 5) is 27.8. The van der Waals surface area contributed by atoms with Crippen LogP contribution in [0.2, 0.25) is 5.02 Å². The number of nitrogens with zero attached hydrogens (tertiary/aromatic N) is 3. The zero-order valence-corrected chi connectivity index (χ0v) is 21.0. The van der Waals surface area contributed by atoms with E-state index in [0.29, 0.717) is 41.1 Å². The van der Waals surface area contributed by atoms with Gasteiger partial charge < -0.3 is 20.7 Å². The Bertz CT molecular complexity index is 1370. The number of hydrogen-bond acceptors (Lipinski definition) is 7. The topological polar surface area (TPSA) is 162 Å². The number of H-pyrrole nitrogens is 1. The first kappa shape index (κ1) is 24.7. The van der Waals surface area contributed by atoms with Crippen LogP contribution in [0.1, 0.15) is 37.1 Å². The maximum atomic E-state index is 11.9. The number of aromatic nitrogens is 4. The lowest BCUT2D eigenvalue weighted by Gasteiger charge is -2.13.